The third-order valence-electron chi connectivity index (χ3n) is 3.47. The van der Waals surface area contributed by atoms with E-state index in [1.165, 1.54) is 11.8 Å². The Labute approximate surface area is 158 Å². The first-order valence-electron chi connectivity index (χ1n) is 7.29. The number of carbonyl (C=O) groups is 1. The van der Waals surface area contributed by atoms with E-state index in [0.29, 0.717) is 15.0 Å². The summed E-state index contributed by atoms with van der Waals surface area (Å²) in [6, 6.07) is 15.7. The third-order valence-corrected chi connectivity index (χ3v) is 5.13. The normalized spacial score (nSPS) is 17.0. The minimum atomic E-state index is -0.174. The van der Waals surface area contributed by atoms with Crippen LogP contribution in [0.3, 0.4) is 0 Å². The van der Waals surface area contributed by atoms with Crippen LogP contribution >= 0.6 is 39.9 Å². The van der Waals surface area contributed by atoms with Crippen LogP contribution in [0.25, 0.3) is 6.08 Å². The molecule has 1 saturated heterocycles. The zero-order valence-corrected chi connectivity index (χ0v) is 16.0. The number of benzene rings is 2. The molecule has 3 nitrogen and oxygen atoms in total. The highest BCUT2D eigenvalue weighted by Crippen LogP contribution is 2.33. The first-order valence-corrected chi connectivity index (χ1v) is 9.31. The fourth-order valence-electron chi connectivity index (χ4n) is 2.28. The molecule has 1 amide bonds. The molecule has 122 valence electrons. The second-order valence-electron chi connectivity index (χ2n) is 5.21. The number of thiocarbonyl (C=S) groups is 1. The van der Waals surface area contributed by atoms with E-state index in [9.17, 15) is 4.79 Å². The van der Waals surface area contributed by atoms with Gasteiger partial charge in [-0.1, -0.05) is 70.2 Å². The van der Waals surface area contributed by atoms with Crippen molar-refractivity contribution in [3.05, 3.63) is 69.0 Å². The van der Waals surface area contributed by atoms with Gasteiger partial charge in [0.05, 0.1) is 4.91 Å². The molecule has 1 heterocycles. The monoisotopic (exact) mass is 419 g/mol. The van der Waals surface area contributed by atoms with Gasteiger partial charge in [0.1, 0.15) is 16.2 Å². The van der Waals surface area contributed by atoms with Crippen LogP contribution in [0.5, 0.6) is 5.75 Å². The van der Waals surface area contributed by atoms with E-state index >= 15 is 0 Å². The van der Waals surface area contributed by atoms with Crippen LogP contribution in [0.2, 0.25) is 0 Å². The van der Waals surface area contributed by atoms with Crippen molar-refractivity contribution in [2.45, 2.75) is 13.0 Å². The average molecular weight is 420 g/mol. The molecule has 6 heteroatoms. The molecular formula is C18H14BrNO2S2. The molecule has 0 spiro atoms. The van der Waals surface area contributed by atoms with Crippen LogP contribution in [0, 0.1) is 0 Å². The van der Waals surface area contributed by atoms with Crippen molar-refractivity contribution in [1.29, 1.82) is 0 Å². The van der Waals surface area contributed by atoms with E-state index < -0.39 is 0 Å². The summed E-state index contributed by atoms with van der Waals surface area (Å²) in [7, 11) is 0. The Hall–Kier alpha value is -1.63. The Morgan fingerprint density at radius 2 is 2.00 bits per heavy atom. The fourth-order valence-corrected chi connectivity index (χ4v) is 3.70. The highest BCUT2D eigenvalue weighted by Gasteiger charge is 2.22. The Balaban J connectivity index is 1.90. The third kappa shape index (κ3) is 4.06. The van der Waals surface area contributed by atoms with Gasteiger partial charge in [0.2, 0.25) is 0 Å². The van der Waals surface area contributed by atoms with E-state index in [4.69, 9.17) is 17.0 Å². The lowest BCUT2D eigenvalue weighted by atomic mass is 10.1. The number of amides is 1. The minimum absolute atomic E-state index is 0.101. The Kier molecular flexibility index (Phi) is 5.38. The fraction of sp³-hybridized carbons (Fsp3) is 0.111. The van der Waals surface area contributed by atoms with Gasteiger partial charge < -0.3 is 10.1 Å². The number of rotatable bonds is 4. The second kappa shape index (κ2) is 7.51. The van der Waals surface area contributed by atoms with Gasteiger partial charge in [-0.05, 0) is 36.8 Å². The molecule has 1 fully saturated rings. The molecule has 0 aliphatic carbocycles. The van der Waals surface area contributed by atoms with Gasteiger partial charge in [0.25, 0.3) is 5.91 Å². The largest absolute Gasteiger partial charge is 0.485 e. The van der Waals surface area contributed by atoms with Gasteiger partial charge in [-0.2, -0.15) is 0 Å². The number of thioether (sulfide) groups is 1. The van der Waals surface area contributed by atoms with E-state index in [1.807, 2.05) is 55.5 Å². The van der Waals surface area contributed by atoms with Crippen LogP contribution < -0.4 is 10.1 Å². The number of hydrogen-bond acceptors (Lipinski definition) is 4. The van der Waals surface area contributed by atoms with Gasteiger partial charge in [0.15, 0.2) is 0 Å². The zero-order valence-electron chi connectivity index (χ0n) is 12.8. The molecule has 1 aliphatic rings. The molecule has 0 bridgehead atoms. The molecular weight excluding hydrogens is 406 g/mol. The predicted molar refractivity (Wildman–Crippen MR) is 106 cm³/mol. The van der Waals surface area contributed by atoms with Gasteiger partial charge in [-0.25, -0.2) is 0 Å². The van der Waals surface area contributed by atoms with Gasteiger partial charge in [-0.15, -0.1) is 0 Å². The molecule has 2 aromatic rings. The quantitative estimate of drug-likeness (QED) is 0.553. The zero-order chi connectivity index (χ0) is 17.1. The molecule has 3 rings (SSSR count). The highest BCUT2D eigenvalue weighted by molar-refractivity contribution is 9.10. The lowest BCUT2D eigenvalue weighted by molar-refractivity contribution is -0.115. The van der Waals surface area contributed by atoms with E-state index in [0.717, 1.165) is 15.6 Å². The highest BCUT2D eigenvalue weighted by atomic mass is 79.9. The summed E-state index contributed by atoms with van der Waals surface area (Å²) in [5, 5.41) is 2.62. The molecule has 2 aromatic carbocycles. The smallest absolute Gasteiger partial charge is 0.263 e. The lowest BCUT2D eigenvalue weighted by Gasteiger charge is -2.17. The van der Waals surface area contributed by atoms with Crippen molar-refractivity contribution < 1.29 is 9.53 Å². The maximum atomic E-state index is 11.9. The molecule has 0 saturated carbocycles. The van der Waals surface area contributed by atoms with Crippen LogP contribution in [0.15, 0.2) is 57.9 Å². The maximum absolute atomic E-state index is 11.9. The molecule has 1 atom stereocenters. The summed E-state index contributed by atoms with van der Waals surface area (Å²) >= 11 is 9.76. The summed E-state index contributed by atoms with van der Waals surface area (Å²) in [5.74, 6) is 0.542. The number of nitrogens with one attached hydrogen (secondary N) is 1. The lowest BCUT2D eigenvalue weighted by Crippen LogP contribution is -2.17. The minimum Gasteiger partial charge on any atom is -0.485 e. The molecule has 1 unspecified atom stereocenters. The Bertz CT molecular complexity index is 821. The van der Waals surface area contributed by atoms with Crippen LogP contribution in [0.4, 0.5) is 0 Å². The Morgan fingerprint density at radius 3 is 2.67 bits per heavy atom. The van der Waals surface area contributed by atoms with Crippen LogP contribution in [0.1, 0.15) is 24.2 Å². The standard InChI is InChI=1S/C18H14BrNO2S2/c1-11(12-5-3-2-4-6-12)22-15-8-7-14(19)9-13(15)10-16-17(21)20-18(23)24-16/h2-11H,1H3,(H,20,21,23)/b16-10-. The van der Waals surface area contributed by atoms with E-state index in [2.05, 4.69) is 21.2 Å². The van der Waals surface area contributed by atoms with Gasteiger partial charge in [-0.3, -0.25) is 4.79 Å². The van der Waals surface area contributed by atoms with Crippen LogP contribution in [-0.4, -0.2) is 10.2 Å². The van der Waals surface area contributed by atoms with Crippen molar-refractivity contribution in [2.75, 3.05) is 0 Å². The average Bonchev–Trinajstić information content (AvgIpc) is 2.88. The number of halogens is 1. The number of hydrogen-bond donors (Lipinski definition) is 1. The molecule has 24 heavy (non-hydrogen) atoms. The maximum Gasteiger partial charge on any atom is 0.263 e. The number of carbonyl (C=O) groups excluding carboxylic acids is 1. The van der Waals surface area contributed by atoms with E-state index in [1.54, 1.807) is 6.08 Å². The summed E-state index contributed by atoms with van der Waals surface area (Å²) in [4.78, 5) is 12.5. The summed E-state index contributed by atoms with van der Waals surface area (Å²) in [6.45, 7) is 2.00. The first kappa shape index (κ1) is 17.2. The summed E-state index contributed by atoms with van der Waals surface area (Å²) in [5.41, 5.74) is 1.92. The molecule has 0 aromatic heterocycles. The van der Waals surface area contributed by atoms with Crippen molar-refractivity contribution in [3.63, 3.8) is 0 Å². The predicted octanol–water partition coefficient (Wildman–Crippen LogP) is 5.08. The number of ether oxygens (including phenoxy) is 1. The summed E-state index contributed by atoms with van der Waals surface area (Å²) in [6.07, 6.45) is 1.70. The van der Waals surface area contributed by atoms with Crippen molar-refractivity contribution in [1.82, 2.24) is 5.32 Å². The van der Waals surface area contributed by atoms with Crippen LogP contribution in [-0.2, 0) is 4.79 Å². The molecule has 1 aliphatic heterocycles. The topological polar surface area (TPSA) is 38.3 Å². The summed E-state index contributed by atoms with van der Waals surface area (Å²) < 4.78 is 7.51. The molecule has 1 N–H and O–H groups in total. The first-order chi connectivity index (χ1) is 11.5. The SMILES string of the molecule is CC(Oc1ccc(Br)cc1/C=C1\SC(=S)NC1=O)c1ccccc1. The second-order valence-corrected chi connectivity index (χ2v) is 7.84. The van der Waals surface area contributed by atoms with Gasteiger partial charge in [0, 0.05) is 10.0 Å². The van der Waals surface area contributed by atoms with E-state index in [-0.39, 0.29) is 12.0 Å². The van der Waals surface area contributed by atoms with Crippen molar-refractivity contribution in [3.8, 4) is 5.75 Å². The molecule has 0 radical (unpaired) electrons. The Morgan fingerprint density at radius 1 is 1.25 bits per heavy atom. The van der Waals surface area contributed by atoms with Gasteiger partial charge >= 0.3 is 0 Å². The van der Waals surface area contributed by atoms with Crippen molar-refractivity contribution >= 4 is 56.2 Å². The van der Waals surface area contributed by atoms with Crippen molar-refractivity contribution in [2.24, 2.45) is 0 Å².